The van der Waals surface area contributed by atoms with Crippen LogP contribution in [0.3, 0.4) is 0 Å². The van der Waals surface area contributed by atoms with Crippen LogP contribution in [-0.2, 0) is 11.8 Å². The van der Waals surface area contributed by atoms with Crippen molar-refractivity contribution < 1.29 is 9.47 Å². The molecule has 2 nitrogen and oxygen atoms in total. The van der Waals surface area contributed by atoms with Gasteiger partial charge in [-0.15, -0.1) is 0 Å². The van der Waals surface area contributed by atoms with E-state index in [0.717, 1.165) is 11.5 Å². The first kappa shape index (κ1) is 13.5. The van der Waals surface area contributed by atoms with Crippen LogP contribution in [0.1, 0.15) is 55.4 Å². The zero-order valence-electron chi connectivity index (χ0n) is 14.0. The molecule has 1 unspecified atom stereocenters. The van der Waals surface area contributed by atoms with E-state index in [1.807, 2.05) is 0 Å². The van der Waals surface area contributed by atoms with Crippen LogP contribution < -0.4 is 9.47 Å². The molecule has 1 heterocycles. The second-order valence-corrected chi connectivity index (χ2v) is 7.70. The zero-order chi connectivity index (χ0) is 15.8. The Labute approximate surface area is 137 Å². The summed E-state index contributed by atoms with van der Waals surface area (Å²) in [4.78, 5) is 0. The molecule has 0 radical (unpaired) electrons. The molecule has 2 aromatic rings. The van der Waals surface area contributed by atoms with Crippen LogP contribution in [0.5, 0.6) is 11.5 Å². The molecule has 0 saturated carbocycles. The molecule has 1 aliphatic heterocycles. The molecule has 0 fully saturated rings. The van der Waals surface area contributed by atoms with E-state index in [4.69, 9.17) is 9.47 Å². The van der Waals surface area contributed by atoms with Gasteiger partial charge in [0.05, 0.1) is 0 Å². The van der Waals surface area contributed by atoms with E-state index in [1.165, 1.54) is 40.7 Å². The molecular weight excluding hydrogens is 284 g/mol. The second kappa shape index (κ2) is 4.31. The van der Waals surface area contributed by atoms with Gasteiger partial charge in [-0.05, 0) is 64.3 Å². The maximum Gasteiger partial charge on any atom is 0.161 e. The summed E-state index contributed by atoms with van der Waals surface area (Å²) in [6, 6.07) is 9.32. The topological polar surface area (TPSA) is 18.5 Å². The average molecular weight is 306 g/mol. The Kier molecular flexibility index (Phi) is 2.53. The lowest BCUT2D eigenvalue weighted by Gasteiger charge is -2.24. The zero-order valence-corrected chi connectivity index (χ0v) is 14.0. The number of fused-ring (bicyclic) bond motifs is 5. The van der Waals surface area contributed by atoms with E-state index >= 15 is 0 Å². The third kappa shape index (κ3) is 1.69. The largest absolute Gasteiger partial charge is 0.486 e. The van der Waals surface area contributed by atoms with Crippen molar-refractivity contribution in [1.82, 2.24) is 0 Å². The van der Waals surface area contributed by atoms with E-state index in [1.54, 1.807) is 5.56 Å². The third-order valence-corrected chi connectivity index (χ3v) is 5.98. The number of rotatable bonds is 0. The molecule has 3 aliphatic rings. The van der Waals surface area contributed by atoms with Crippen molar-refractivity contribution in [3.05, 3.63) is 46.5 Å². The Morgan fingerprint density at radius 3 is 2.35 bits per heavy atom. The monoisotopic (exact) mass is 306 g/mol. The first-order valence-corrected chi connectivity index (χ1v) is 8.67. The van der Waals surface area contributed by atoms with Gasteiger partial charge in [0.2, 0.25) is 0 Å². The van der Waals surface area contributed by atoms with Crippen LogP contribution in [-0.4, -0.2) is 13.2 Å². The SMILES string of the molecule is CC1CCc2cc3c(cc21)C(C)(C)c1cc2c(cc1-3)OCCO2. The van der Waals surface area contributed by atoms with Gasteiger partial charge in [0.25, 0.3) is 0 Å². The predicted molar refractivity (Wildman–Crippen MR) is 91.7 cm³/mol. The highest BCUT2D eigenvalue weighted by Gasteiger charge is 2.38. The molecule has 2 aliphatic carbocycles. The summed E-state index contributed by atoms with van der Waals surface area (Å²) in [5.74, 6) is 2.49. The van der Waals surface area contributed by atoms with Gasteiger partial charge in [0, 0.05) is 5.41 Å². The molecule has 0 bridgehead atoms. The number of hydrogen-bond acceptors (Lipinski definition) is 2. The van der Waals surface area contributed by atoms with Gasteiger partial charge < -0.3 is 9.47 Å². The molecule has 118 valence electrons. The highest BCUT2D eigenvalue weighted by molar-refractivity contribution is 5.84. The fourth-order valence-electron chi connectivity index (χ4n) is 4.58. The Morgan fingerprint density at radius 2 is 1.57 bits per heavy atom. The highest BCUT2D eigenvalue weighted by atomic mass is 16.6. The smallest absolute Gasteiger partial charge is 0.161 e. The maximum atomic E-state index is 5.82. The number of ether oxygens (including phenoxy) is 2. The minimum Gasteiger partial charge on any atom is -0.486 e. The average Bonchev–Trinajstić information content (AvgIpc) is 3.02. The number of aryl methyl sites for hydroxylation is 1. The van der Waals surface area contributed by atoms with Crippen LogP contribution >= 0.6 is 0 Å². The number of hydrogen-bond donors (Lipinski definition) is 0. The first-order valence-electron chi connectivity index (χ1n) is 8.67. The first-order chi connectivity index (χ1) is 11.1. The van der Waals surface area contributed by atoms with Crippen LogP contribution in [0.15, 0.2) is 24.3 Å². The molecule has 0 saturated heterocycles. The van der Waals surface area contributed by atoms with E-state index in [-0.39, 0.29) is 5.41 Å². The standard InChI is InChI=1S/C21H22O2/c1-12-4-5-13-8-15-16-10-19-20(23-7-6-22-19)11-18(16)21(2,3)17(15)9-14(12)13/h8-12H,4-7H2,1-3H3. The summed E-state index contributed by atoms with van der Waals surface area (Å²) in [5.41, 5.74) is 8.68. The van der Waals surface area contributed by atoms with Gasteiger partial charge in [-0.3, -0.25) is 0 Å². The molecule has 0 amide bonds. The van der Waals surface area contributed by atoms with E-state index in [9.17, 15) is 0 Å². The van der Waals surface area contributed by atoms with Gasteiger partial charge in [-0.1, -0.05) is 32.9 Å². The van der Waals surface area contributed by atoms with Crippen molar-refractivity contribution in [2.75, 3.05) is 13.2 Å². The van der Waals surface area contributed by atoms with Crippen molar-refractivity contribution in [2.45, 2.75) is 44.9 Å². The third-order valence-electron chi connectivity index (χ3n) is 5.98. The Morgan fingerprint density at radius 1 is 0.913 bits per heavy atom. The molecule has 0 spiro atoms. The van der Waals surface area contributed by atoms with E-state index in [2.05, 4.69) is 45.0 Å². The Hall–Kier alpha value is -1.96. The normalized spacial score (nSPS) is 22.5. The molecular formula is C21H22O2. The fraction of sp³-hybridized carbons (Fsp3) is 0.429. The van der Waals surface area contributed by atoms with Gasteiger partial charge >= 0.3 is 0 Å². The summed E-state index contributed by atoms with van der Waals surface area (Å²) in [5, 5.41) is 0. The predicted octanol–water partition coefficient (Wildman–Crippen LogP) is 4.81. The van der Waals surface area contributed by atoms with Crippen molar-refractivity contribution >= 4 is 0 Å². The van der Waals surface area contributed by atoms with E-state index in [0.29, 0.717) is 19.1 Å². The molecule has 2 aromatic carbocycles. The highest BCUT2D eigenvalue weighted by Crippen LogP contribution is 2.54. The van der Waals surface area contributed by atoms with Gasteiger partial charge in [-0.25, -0.2) is 0 Å². The fourth-order valence-corrected chi connectivity index (χ4v) is 4.58. The summed E-state index contributed by atoms with van der Waals surface area (Å²) in [6.07, 6.45) is 2.50. The van der Waals surface area contributed by atoms with Crippen LogP contribution in [0, 0.1) is 0 Å². The summed E-state index contributed by atoms with van der Waals surface area (Å²) in [7, 11) is 0. The second-order valence-electron chi connectivity index (χ2n) is 7.70. The summed E-state index contributed by atoms with van der Waals surface area (Å²) < 4.78 is 11.6. The van der Waals surface area contributed by atoms with Crippen molar-refractivity contribution in [3.8, 4) is 22.6 Å². The van der Waals surface area contributed by atoms with Gasteiger partial charge in [0.15, 0.2) is 11.5 Å². The Balaban J connectivity index is 1.78. The van der Waals surface area contributed by atoms with Crippen LogP contribution in [0.2, 0.25) is 0 Å². The Bertz CT molecular complexity index is 823. The van der Waals surface area contributed by atoms with Gasteiger partial charge in [-0.2, -0.15) is 0 Å². The quantitative estimate of drug-likeness (QED) is 0.695. The molecule has 0 N–H and O–H groups in total. The molecule has 0 aromatic heterocycles. The summed E-state index contributed by atoms with van der Waals surface area (Å²) in [6.45, 7) is 8.31. The lowest BCUT2D eigenvalue weighted by atomic mass is 9.81. The van der Waals surface area contributed by atoms with Crippen LogP contribution in [0.25, 0.3) is 11.1 Å². The molecule has 2 heteroatoms. The van der Waals surface area contributed by atoms with Crippen molar-refractivity contribution in [1.29, 1.82) is 0 Å². The van der Waals surface area contributed by atoms with E-state index < -0.39 is 0 Å². The summed E-state index contributed by atoms with van der Waals surface area (Å²) >= 11 is 0. The lowest BCUT2D eigenvalue weighted by molar-refractivity contribution is 0.171. The minimum atomic E-state index is 0.0256. The molecule has 1 atom stereocenters. The molecule has 5 rings (SSSR count). The number of benzene rings is 2. The van der Waals surface area contributed by atoms with Crippen LogP contribution in [0.4, 0.5) is 0 Å². The molecule has 23 heavy (non-hydrogen) atoms. The van der Waals surface area contributed by atoms with Gasteiger partial charge in [0.1, 0.15) is 13.2 Å². The van der Waals surface area contributed by atoms with Crippen molar-refractivity contribution in [3.63, 3.8) is 0 Å². The van der Waals surface area contributed by atoms with Crippen molar-refractivity contribution in [2.24, 2.45) is 0 Å². The minimum absolute atomic E-state index is 0.0256. The lowest BCUT2D eigenvalue weighted by Crippen LogP contribution is -2.18. The maximum absolute atomic E-state index is 5.82.